The molecule has 2 atom stereocenters. The fraction of sp³-hybridized carbons (Fsp3) is 0.538. The van der Waals surface area contributed by atoms with Gasteiger partial charge in [-0.25, -0.2) is 4.39 Å². The molecule has 3 N–H and O–H groups in total. The Kier molecular flexibility index (Phi) is 8.25. The molecule has 0 fully saturated rings. The molecule has 0 spiro atoms. The van der Waals surface area contributed by atoms with Gasteiger partial charge in [0.15, 0.2) is 0 Å². The van der Waals surface area contributed by atoms with E-state index in [0.29, 0.717) is 12.3 Å². The SMILES string of the molecule is CC(C)CC[C@H](O)[C@H](N)c1c(F)ccc(Cl)c1Cl.Cl. The van der Waals surface area contributed by atoms with Gasteiger partial charge in [0.1, 0.15) is 5.82 Å². The highest BCUT2D eigenvalue weighted by Crippen LogP contribution is 2.33. The number of aliphatic hydroxyl groups is 1. The molecule has 0 unspecified atom stereocenters. The Labute approximate surface area is 129 Å². The van der Waals surface area contributed by atoms with Crippen LogP contribution in [0.1, 0.15) is 38.3 Å². The number of halogens is 4. The number of rotatable bonds is 5. The molecule has 0 aliphatic heterocycles. The minimum Gasteiger partial charge on any atom is -0.391 e. The van der Waals surface area contributed by atoms with E-state index in [4.69, 9.17) is 28.9 Å². The zero-order chi connectivity index (χ0) is 13.9. The van der Waals surface area contributed by atoms with Crippen LogP contribution in [0, 0.1) is 11.7 Å². The van der Waals surface area contributed by atoms with Crippen LogP contribution in [0.15, 0.2) is 12.1 Å². The van der Waals surface area contributed by atoms with E-state index in [-0.39, 0.29) is 28.0 Å². The van der Waals surface area contributed by atoms with Crippen LogP contribution >= 0.6 is 35.6 Å². The summed E-state index contributed by atoms with van der Waals surface area (Å²) in [5.74, 6) is -0.0907. The van der Waals surface area contributed by atoms with Gasteiger partial charge in [-0.1, -0.05) is 37.0 Å². The molecule has 1 aromatic carbocycles. The van der Waals surface area contributed by atoms with E-state index in [2.05, 4.69) is 0 Å². The molecule has 0 bridgehead atoms. The van der Waals surface area contributed by atoms with Gasteiger partial charge in [0.05, 0.1) is 22.2 Å². The van der Waals surface area contributed by atoms with Crippen molar-refractivity contribution in [3.63, 3.8) is 0 Å². The van der Waals surface area contributed by atoms with E-state index in [1.165, 1.54) is 12.1 Å². The van der Waals surface area contributed by atoms with Crippen LogP contribution in [0.5, 0.6) is 0 Å². The normalized spacial score (nSPS) is 14.1. The van der Waals surface area contributed by atoms with Crippen molar-refractivity contribution in [1.29, 1.82) is 0 Å². The molecule has 0 aliphatic carbocycles. The highest BCUT2D eigenvalue weighted by Gasteiger charge is 2.24. The van der Waals surface area contributed by atoms with E-state index in [1.807, 2.05) is 13.8 Å². The van der Waals surface area contributed by atoms with Gasteiger partial charge in [-0.3, -0.25) is 0 Å². The Morgan fingerprint density at radius 1 is 1.26 bits per heavy atom. The monoisotopic (exact) mass is 329 g/mol. The van der Waals surface area contributed by atoms with Gasteiger partial charge in [-0.05, 0) is 30.9 Å². The highest BCUT2D eigenvalue weighted by molar-refractivity contribution is 6.42. The predicted molar refractivity (Wildman–Crippen MR) is 80.7 cm³/mol. The van der Waals surface area contributed by atoms with Crippen LogP contribution in [0.25, 0.3) is 0 Å². The molecule has 0 amide bonds. The van der Waals surface area contributed by atoms with Crippen molar-refractivity contribution in [3.8, 4) is 0 Å². The number of benzene rings is 1. The maximum atomic E-state index is 13.7. The van der Waals surface area contributed by atoms with E-state index in [1.54, 1.807) is 0 Å². The molecular weight excluding hydrogens is 312 g/mol. The van der Waals surface area contributed by atoms with Crippen LogP contribution in [0.2, 0.25) is 10.0 Å². The maximum Gasteiger partial charge on any atom is 0.129 e. The number of nitrogens with two attached hydrogens (primary N) is 1. The summed E-state index contributed by atoms with van der Waals surface area (Å²) in [6.45, 7) is 4.09. The first kappa shape index (κ1) is 18.9. The lowest BCUT2D eigenvalue weighted by Gasteiger charge is -2.21. The molecule has 0 aromatic heterocycles. The Morgan fingerprint density at radius 2 is 1.84 bits per heavy atom. The van der Waals surface area contributed by atoms with Crippen molar-refractivity contribution in [2.45, 2.75) is 38.8 Å². The van der Waals surface area contributed by atoms with Gasteiger partial charge in [0.25, 0.3) is 0 Å². The summed E-state index contributed by atoms with van der Waals surface area (Å²) < 4.78 is 13.7. The summed E-state index contributed by atoms with van der Waals surface area (Å²) in [5, 5.41) is 10.3. The van der Waals surface area contributed by atoms with Crippen molar-refractivity contribution in [2.75, 3.05) is 0 Å². The lowest BCUT2D eigenvalue weighted by atomic mass is 9.95. The summed E-state index contributed by atoms with van der Waals surface area (Å²) in [7, 11) is 0. The van der Waals surface area contributed by atoms with Gasteiger partial charge < -0.3 is 10.8 Å². The molecule has 2 nitrogen and oxygen atoms in total. The molecule has 0 saturated heterocycles. The average Bonchev–Trinajstić information content (AvgIpc) is 2.31. The van der Waals surface area contributed by atoms with E-state index in [0.717, 1.165) is 6.42 Å². The zero-order valence-electron chi connectivity index (χ0n) is 10.9. The first-order valence-corrected chi connectivity index (χ1v) is 6.67. The zero-order valence-corrected chi connectivity index (χ0v) is 13.2. The minimum atomic E-state index is -0.866. The molecule has 19 heavy (non-hydrogen) atoms. The molecule has 0 saturated carbocycles. The van der Waals surface area contributed by atoms with Gasteiger partial charge >= 0.3 is 0 Å². The standard InChI is InChI=1S/C13H18Cl2FNO.ClH/c1-7(2)3-6-10(18)13(17)11-9(16)5-4-8(14)12(11)15;/h4-5,7,10,13,18H,3,6,17H2,1-2H3;1H/t10-,13-;/m0./s1. The van der Waals surface area contributed by atoms with E-state index in [9.17, 15) is 9.50 Å². The summed E-state index contributed by atoms with van der Waals surface area (Å²) >= 11 is 11.8. The Morgan fingerprint density at radius 3 is 2.37 bits per heavy atom. The third-order valence-electron chi connectivity index (χ3n) is 2.87. The van der Waals surface area contributed by atoms with Crippen molar-refractivity contribution in [1.82, 2.24) is 0 Å². The fourth-order valence-corrected chi connectivity index (χ4v) is 2.17. The molecule has 6 heteroatoms. The number of hydrogen-bond acceptors (Lipinski definition) is 2. The van der Waals surface area contributed by atoms with Crippen LogP contribution in [0.3, 0.4) is 0 Å². The first-order chi connectivity index (χ1) is 8.34. The maximum absolute atomic E-state index is 13.7. The van der Waals surface area contributed by atoms with Crippen LogP contribution in [-0.4, -0.2) is 11.2 Å². The molecule has 0 radical (unpaired) electrons. The van der Waals surface area contributed by atoms with Crippen molar-refractivity contribution >= 4 is 35.6 Å². The van der Waals surface area contributed by atoms with Gasteiger partial charge in [0, 0.05) is 5.56 Å². The highest BCUT2D eigenvalue weighted by atomic mass is 35.5. The third kappa shape index (κ3) is 5.09. The summed E-state index contributed by atoms with van der Waals surface area (Å²) in [4.78, 5) is 0. The van der Waals surface area contributed by atoms with Crippen LogP contribution in [0.4, 0.5) is 4.39 Å². The van der Waals surface area contributed by atoms with E-state index >= 15 is 0 Å². The summed E-state index contributed by atoms with van der Waals surface area (Å²) in [6.07, 6.45) is 0.480. The lowest BCUT2D eigenvalue weighted by Crippen LogP contribution is -2.27. The van der Waals surface area contributed by atoms with E-state index < -0.39 is 18.0 Å². The van der Waals surface area contributed by atoms with Crippen molar-refractivity contribution in [3.05, 3.63) is 33.6 Å². The topological polar surface area (TPSA) is 46.2 Å². The summed E-state index contributed by atoms with van der Waals surface area (Å²) in [6, 6.07) is 1.71. The fourth-order valence-electron chi connectivity index (χ4n) is 1.72. The molecule has 1 aromatic rings. The molecule has 1 rings (SSSR count). The predicted octanol–water partition coefficient (Wildman–Crippen LogP) is 4.35. The molecule has 0 heterocycles. The average molecular weight is 331 g/mol. The second kappa shape index (κ2) is 8.28. The Hall–Kier alpha value is -0.0600. The molecule has 0 aliphatic rings. The number of hydrogen-bond donors (Lipinski definition) is 2. The first-order valence-electron chi connectivity index (χ1n) is 5.91. The largest absolute Gasteiger partial charge is 0.391 e. The van der Waals surface area contributed by atoms with Gasteiger partial charge in [-0.2, -0.15) is 0 Å². The lowest BCUT2D eigenvalue weighted by molar-refractivity contribution is 0.127. The Balaban J connectivity index is 0.00000324. The quantitative estimate of drug-likeness (QED) is 0.788. The van der Waals surface area contributed by atoms with Crippen LogP contribution < -0.4 is 5.73 Å². The van der Waals surface area contributed by atoms with Gasteiger partial charge in [-0.15, -0.1) is 12.4 Å². The second-order valence-electron chi connectivity index (χ2n) is 4.82. The minimum absolute atomic E-state index is 0. The van der Waals surface area contributed by atoms with Crippen LogP contribution in [-0.2, 0) is 0 Å². The molecular formula is C13H19Cl3FNO. The summed E-state index contributed by atoms with van der Waals surface area (Å²) in [5.41, 5.74) is 5.95. The van der Waals surface area contributed by atoms with Gasteiger partial charge in [0.2, 0.25) is 0 Å². The van der Waals surface area contributed by atoms with Crippen molar-refractivity contribution < 1.29 is 9.50 Å². The Bertz CT molecular complexity index is 415. The molecule has 110 valence electrons. The van der Waals surface area contributed by atoms with Crippen molar-refractivity contribution in [2.24, 2.45) is 11.7 Å². The second-order valence-corrected chi connectivity index (χ2v) is 5.61. The smallest absolute Gasteiger partial charge is 0.129 e. The third-order valence-corrected chi connectivity index (χ3v) is 3.69. The number of aliphatic hydroxyl groups excluding tert-OH is 1.